The van der Waals surface area contributed by atoms with E-state index in [2.05, 4.69) is 10.3 Å². The third-order valence-corrected chi connectivity index (χ3v) is 19.3. The molecule has 0 unspecified atom stereocenters. The maximum Gasteiger partial charge on any atom is 0.338 e. The molecule has 0 bridgehead atoms. The number of carbonyl (C=O) groups excluding carboxylic acids is 12. The summed E-state index contributed by atoms with van der Waals surface area (Å²) in [6, 6.07) is -3.62. The van der Waals surface area contributed by atoms with Gasteiger partial charge in [0.15, 0.2) is 17.3 Å². The first-order valence-corrected chi connectivity index (χ1v) is 35.6. The molecule has 1 aliphatic heterocycles. The highest BCUT2D eigenvalue weighted by molar-refractivity contribution is 6.00. The topological polar surface area (TPSA) is 298 Å². The van der Waals surface area contributed by atoms with Gasteiger partial charge in [0.1, 0.15) is 36.0 Å². The normalized spacial score (nSPS) is 25.1. The second kappa shape index (κ2) is 38.5. The van der Waals surface area contributed by atoms with E-state index in [4.69, 9.17) is 9.72 Å². The summed E-state index contributed by atoms with van der Waals surface area (Å²) in [6.07, 6.45) is -0.317. The van der Waals surface area contributed by atoms with Crippen LogP contribution >= 0.6 is 0 Å². The van der Waals surface area contributed by atoms with Gasteiger partial charge in [-0.1, -0.05) is 117 Å². The van der Waals surface area contributed by atoms with Crippen LogP contribution in [-0.2, 0) is 63.9 Å². The maximum atomic E-state index is 15.6. The first kappa shape index (κ1) is 85.1. The summed E-state index contributed by atoms with van der Waals surface area (Å²) < 4.78 is 5.43. The number of nitrogens with zero attached hydrogens (tertiary/aromatic N) is 8. The average molecular weight is 1380 g/mol. The van der Waals surface area contributed by atoms with Gasteiger partial charge in [-0.3, -0.25) is 52.7 Å². The van der Waals surface area contributed by atoms with Crippen LogP contribution in [0.4, 0.5) is 0 Å². The van der Waals surface area contributed by atoms with Crippen LogP contribution in [0.5, 0.6) is 0 Å². The van der Waals surface area contributed by atoms with Crippen molar-refractivity contribution in [2.45, 2.75) is 237 Å². The first-order chi connectivity index (χ1) is 45.5. The molecule has 1 aliphatic rings. The highest BCUT2D eigenvalue weighted by Crippen LogP contribution is 2.30. The zero-order valence-corrected chi connectivity index (χ0v) is 63.6. The smallest absolute Gasteiger partial charge is 0.338 e. The third kappa shape index (κ3) is 23.0. The summed E-state index contributed by atoms with van der Waals surface area (Å²) in [5.74, 6) is -11.9. The fourth-order valence-electron chi connectivity index (χ4n) is 13.1. The van der Waals surface area contributed by atoms with E-state index < -0.39 is 167 Å². The molecule has 0 radical (unpaired) electrons. The largest absolute Gasteiger partial charge is 0.462 e. The quantitative estimate of drug-likeness (QED) is 0.0899. The van der Waals surface area contributed by atoms with Gasteiger partial charge < -0.3 is 54.4 Å². The minimum Gasteiger partial charge on any atom is -0.462 e. The van der Waals surface area contributed by atoms with E-state index in [0.717, 1.165) is 11.3 Å². The lowest BCUT2D eigenvalue weighted by Gasteiger charge is -2.41. The number of benzene rings is 1. The van der Waals surface area contributed by atoms with Crippen molar-refractivity contribution in [1.82, 2.24) is 49.6 Å². The molecule has 3 N–H and O–H groups in total. The second-order valence-electron chi connectivity index (χ2n) is 30.3. The van der Waals surface area contributed by atoms with Crippen molar-refractivity contribution in [3.05, 3.63) is 29.6 Å². The molecule has 552 valence electrons. The van der Waals surface area contributed by atoms with Crippen molar-refractivity contribution in [1.29, 1.82) is 0 Å². The monoisotopic (exact) mass is 1370 g/mol. The molecule has 2 aromatic rings. The molecule has 24 heteroatoms. The number of amides is 8. The number of ether oxygens (including phenoxy) is 1. The number of imidazole rings is 1. The van der Waals surface area contributed by atoms with Gasteiger partial charge >= 0.3 is 5.97 Å². The molecular formula is C74H122N10O14. The highest BCUT2D eigenvalue weighted by atomic mass is 16.5. The Morgan fingerprint density at radius 3 is 1.57 bits per heavy atom. The molecule has 1 aromatic carbocycles. The number of nitrogens with one attached hydrogen (secondary N) is 2. The van der Waals surface area contributed by atoms with Gasteiger partial charge in [0, 0.05) is 92.8 Å². The van der Waals surface area contributed by atoms with E-state index in [9.17, 15) is 43.5 Å². The zero-order chi connectivity index (χ0) is 74.8. The maximum absolute atomic E-state index is 15.6. The number of carbonyl (C=O) groups is 12. The lowest BCUT2D eigenvalue weighted by molar-refractivity contribution is -0.157. The molecular weight excluding hydrogens is 1250 g/mol. The zero-order valence-electron chi connectivity index (χ0n) is 63.6. The van der Waals surface area contributed by atoms with Crippen molar-refractivity contribution in [2.75, 3.05) is 62.5 Å². The highest BCUT2D eigenvalue weighted by Gasteiger charge is 2.46. The van der Waals surface area contributed by atoms with E-state index in [1.807, 2.05) is 62.3 Å². The molecule has 0 spiro atoms. The number of aromatic amines is 1. The Labute approximate surface area is 584 Å². The third-order valence-electron chi connectivity index (χ3n) is 19.3. The average Bonchev–Trinajstić information content (AvgIpc) is 0.813. The minimum atomic E-state index is -1.64. The lowest BCUT2D eigenvalue weighted by Crippen LogP contribution is -2.62. The number of likely N-dealkylation sites (N-methyl/N-ethyl adjacent to an activating group) is 7. The van der Waals surface area contributed by atoms with E-state index in [-0.39, 0.29) is 81.6 Å². The number of fused-ring (bicyclic) bond motifs is 1. The van der Waals surface area contributed by atoms with Crippen molar-refractivity contribution in [2.24, 2.45) is 59.2 Å². The standard InChI is InChI=1S/C74H122N10O14/c1-25-27-30-98-74(97)51-28-29-53-54(37-51)77-62(76-53)36-47(15)66(89)65-61(87)38-50(26-2)69(92)78(18)40-63(88)79(19)55(31-41(3)4)60(86)39-52(45(11)12)70(93)80(20)56(32-42(5)6)59(85)35-48(16)67(90)75-49(17)68(91)81(21)57(33-43(7)8)71(94)82(22)58(34-44(9)10)72(95)83(23)64(46(13)14)73(96)84(65)24/h28-29,37,41-50,52,55-58,64-66,89H,25-27,30-36,38-40H2,1-24H3,(H,75,90)(H,76,77)/t47-,48-,49-,50-,52+,55+,56+,57+,58+,64+,65-,66-/m1/s1. The number of aliphatic hydroxyl groups is 1. The SMILES string of the molecule is CCCCOC(=O)c1ccc2nc(C[C@@H](C)[C@@H](O)[C@H]3C(=O)C[C@@H](CC)C(=O)N(C)CC(=O)N(C)[C@@H](CC(C)C)C(=O)C[C@@H](C(C)C)C(=O)N(C)[C@@H](CC(C)C)C(=O)C[C@@H](C)C(=O)N[C@H](C)C(=O)N(C)[C@@H](CC(C)C)C(=O)N(C)[C@@H](CC(C)C)C(=O)N(C)[C@@H](C(C)C)C(=O)N3C)[nH]c2c1. The van der Waals surface area contributed by atoms with Crippen LogP contribution < -0.4 is 5.32 Å². The number of rotatable bonds is 19. The van der Waals surface area contributed by atoms with Crippen LogP contribution in [0.1, 0.15) is 198 Å². The number of unbranched alkanes of at least 4 members (excludes halogenated alkanes) is 1. The van der Waals surface area contributed by atoms with E-state index in [1.165, 1.54) is 85.7 Å². The summed E-state index contributed by atoms with van der Waals surface area (Å²) in [7, 11) is 10.1. The van der Waals surface area contributed by atoms with Crippen molar-refractivity contribution >= 4 is 81.6 Å². The Bertz CT molecular complexity index is 3090. The predicted octanol–water partition coefficient (Wildman–Crippen LogP) is 7.65. The molecule has 1 saturated heterocycles. The number of Topliss-reactive ketones (excluding diaryl/α,β-unsaturated/α-hetero) is 3. The van der Waals surface area contributed by atoms with Crippen LogP contribution in [0.25, 0.3) is 11.0 Å². The van der Waals surface area contributed by atoms with E-state index in [0.29, 0.717) is 28.8 Å². The molecule has 0 aliphatic carbocycles. The molecule has 1 aromatic heterocycles. The van der Waals surface area contributed by atoms with Crippen molar-refractivity contribution in [3.63, 3.8) is 0 Å². The molecule has 24 nitrogen and oxygen atoms in total. The molecule has 3 rings (SSSR count). The number of aromatic nitrogens is 2. The fourth-order valence-corrected chi connectivity index (χ4v) is 13.1. The number of ketones is 3. The molecule has 0 saturated carbocycles. The van der Waals surface area contributed by atoms with E-state index in [1.54, 1.807) is 66.7 Å². The van der Waals surface area contributed by atoms with Gasteiger partial charge in [0.05, 0.1) is 47.9 Å². The van der Waals surface area contributed by atoms with Gasteiger partial charge in [-0.25, -0.2) is 9.78 Å². The Balaban J connectivity index is 2.33. The van der Waals surface area contributed by atoms with Gasteiger partial charge in [0.25, 0.3) is 0 Å². The van der Waals surface area contributed by atoms with Crippen LogP contribution in [0.3, 0.4) is 0 Å². The molecule has 8 amide bonds. The predicted molar refractivity (Wildman–Crippen MR) is 378 cm³/mol. The number of H-pyrrole nitrogens is 1. The number of hydrogen-bond acceptors (Lipinski definition) is 15. The minimum absolute atomic E-state index is 0.0343. The van der Waals surface area contributed by atoms with E-state index >= 15 is 19.2 Å². The van der Waals surface area contributed by atoms with Crippen LogP contribution in [0.15, 0.2) is 18.2 Å². The first-order valence-electron chi connectivity index (χ1n) is 35.6. The number of esters is 1. The number of hydrogen-bond donors (Lipinski definition) is 3. The van der Waals surface area contributed by atoms with Crippen LogP contribution in [-0.4, -0.2) is 231 Å². The Morgan fingerprint density at radius 1 is 0.571 bits per heavy atom. The lowest BCUT2D eigenvalue weighted by atomic mass is 9.84. The van der Waals surface area contributed by atoms with Gasteiger partial charge in [-0.05, 0) is 105 Å². The summed E-state index contributed by atoms with van der Waals surface area (Å²) in [6.45, 7) is 30.3. The van der Waals surface area contributed by atoms with Crippen LogP contribution in [0.2, 0.25) is 0 Å². The number of aliphatic hydroxyl groups excluding tert-OH is 1. The molecule has 1 fully saturated rings. The fraction of sp³-hybridized carbons (Fsp3) is 0.743. The second-order valence-corrected chi connectivity index (χ2v) is 30.3. The van der Waals surface area contributed by atoms with Crippen molar-refractivity contribution in [3.8, 4) is 0 Å². The Morgan fingerprint density at radius 2 is 1.06 bits per heavy atom. The summed E-state index contributed by atoms with van der Waals surface area (Å²) in [4.78, 5) is 193. The molecule has 2 heterocycles. The van der Waals surface area contributed by atoms with Crippen LogP contribution in [0, 0.1) is 59.2 Å². The van der Waals surface area contributed by atoms with Gasteiger partial charge in [0.2, 0.25) is 47.3 Å². The van der Waals surface area contributed by atoms with Crippen molar-refractivity contribution < 1.29 is 67.4 Å². The van der Waals surface area contributed by atoms with Gasteiger partial charge in [-0.2, -0.15) is 0 Å². The molecule has 12 atom stereocenters. The summed E-state index contributed by atoms with van der Waals surface area (Å²) >= 11 is 0. The summed E-state index contributed by atoms with van der Waals surface area (Å²) in [5.41, 5.74) is 1.34. The Hall–Kier alpha value is -7.11. The Kier molecular flexibility index (Phi) is 33.4. The van der Waals surface area contributed by atoms with Gasteiger partial charge in [-0.15, -0.1) is 0 Å². The molecule has 98 heavy (non-hydrogen) atoms. The summed E-state index contributed by atoms with van der Waals surface area (Å²) in [5, 5.41) is 15.4.